The minimum absolute atomic E-state index is 0.466. The molecule has 1 aromatic rings. The average Bonchev–Trinajstić information content (AvgIpc) is 2.32. The summed E-state index contributed by atoms with van der Waals surface area (Å²) in [6.45, 7) is 6.69. The van der Waals surface area contributed by atoms with Crippen LogP contribution < -0.4 is 5.32 Å². The van der Waals surface area contributed by atoms with Crippen LogP contribution in [0, 0.1) is 5.92 Å². The highest BCUT2D eigenvalue weighted by atomic mass is 35.5. The highest BCUT2D eigenvalue weighted by Crippen LogP contribution is 2.16. The van der Waals surface area contributed by atoms with Crippen molar-refractivity contribution in [3.8, 4) is 0 Å². The minimum Gasteiger partial charge on any atom is -0.381 e. The van der Waals surface area contributed by atoms with Crippen LogP contribution in [0.25, 0.3) is 0 Å². The summed E-state index contributed by atoms with van der Waals surface area (Å²) in [7, 11) is 0. The second-order valence-corrected chi connectivity index (χ2v) is 5.47. The summed E-state index contributed by atoms with van der Waals surface area (Å²) in [5, 5.41) is 4.37. The molecule has 0 saturated carbocycles. The van der Waals surface area contributed by atoms with E-state index in [4.69, 9.17) is 16.3 Å². The molecule has 0 aliphatic carbocycles. The number of anilines is 1. The molecular weight excluding hydrogens is 270 g/mol. The monoisotopic (exact) mass is 289 g/mol. The Morgan fingerprint density at radius 1 is 1.44 bits per heavy atom. The van der Waals surface area contributed by atoms with E-state index in [2.05, 4.69) is 29.1 Å². The summed E-state index contributed by atoms with van der Waals surface area (Å²) >= 11 is 7.37. The Bertz CT molecular complexity index is 363. The summed E-state index contributed by atoms with van der Waals surface area (Å²) in [6.07, 6.45) is 2.87. The molecule has 1 rings (SSSR count). The number of aromatic nitrogens is 2. The lowest BCUT2D eigenvalue weighted by Crippen LogP contribution is -2.09. The van der Waals surface area contributed by atoms with E-state index >= 15 is 0 Å². The topological polar surface area (TPSA) is 47.0 Å². The predicted molar refractivity (Wildman–Crippen MR) is 77.6 cm³/mol. The quantitative estimate of drug-likeness (QED) is 0.344. The van der Waals surface area contributed by atoms with Crippen LogP contribution in [0.3, 0.4) is 0 Å². The molecule has 6 heteroatoms. The van der Waals surface area contributed by atoms with E-state index in [0.29, 0.717) is 16.2 Å². The molecule has 0 spiro atoms. The van der Waals surface area contributed by atoms with Crippen molar-refractivity contribution in [2.24, 2.45) is 5.92 Å². The molecule has 4 nitrogen and oxygen atoms in total. The first-order valence-electron chi connectivity index (χ1n) is 6.02. The molecule has 0 aliphatic heterocycles. The van der Waals surface area contributed by atoms with Crippen molar-refractivity contribution in [1.82, 2.24) is 9.97 Å². The maximum atomic E-state index is 5.90. The van der Waals surface area contributed by atoms with Crippen LogP contribution in [0.2, 0.25) is 5.15 Å². The Hall–Kier alpha value is -0.520. The van der Waals surface area contributed by atoms with E-state index in [1.54, 1.807) is 6.07 Å². The van der Waals surface area contributed by atoms with Crippen molar-refractivity contribution in [2.75, 3.05) is 31.3 Å². The molecule has 1 heterocycles. The van der Waals surface area contributed by atoms with Gasteiger partial charge in [0, 0.05) is 25.8 Å². The number of rotatable bonds is 8. The lowest BCUT2D eigenvalue weighted by atomic mass is 10.2. The Morgan fingerprint density at radius 2 is 2.22 bits per heavy atom. The van der Waals surface area contributed by atoms with Gasteiger partial charge in [0.2, 0.25) is 0 Å². The molecule has 0 atom stereocenters. The van der Waals surface area contributed by atoms with Crippen molar-refractivity contribution < 1.29 is 4.74 Å². The number of ether oxygens (including phenoxy) is 1. The van der Waals surface area contributed by atoms with E-state index in [-0.39, 0.29) is 0 Å². The Kier molecular flexibility index (Phi) is 7.39. The van der Waals surface area contributed by atoms with Crippen molar-refractivity contribution in [1.29, 1.82) is 0 Å². The summed E-state index contributed by atoms with van der Waals surface area (Å²) in [5.41, 5.74) is 0. The fourth-order valence-electron chi connectivity index (χ4n) is 1.29. The van der Waals surface area contributed by atoms with E-state index < -0.39 is 0 Å². The maximum absolute atomic E-state index is 5.90. The molecule has 0 unspecified atom stereocenters. The van der Waals surface area contributed by atoms with Crippen LogP contribution in [0.4, 0.5) is 5.82 Å². The standard InChI is InChI=1S/C12H20ClN3OS/c1-9(2)8-17-6-4-5-14-11-7-10(13)15-12(16-11)18-3/h7,9H,4-6,8H2,1-3H3,(H,14,15,16). The van der Waals surface area contributed by atoms with Gasteiger partial charge in [0.15, 0.2) is 5.16 Å². The van der Waals surface area contributed by atoms with Crippen LogP contribution in [-0.4, -0.2) is 36.0 Å². The molecule has 0 radical (unpaired) electrons. The zero-order valence-corrected chi connectivity index (χ0v) is 12.6. The summed E-state index contributed by atoms with van der Waals surface area (Å²) in [4.78, 5) is 8.40. The Balaban J connectivity index is 2.24. The van der Waals surface area contributed by atoms with Crippen molar-refractivity contribution in [2.45, 2.75) is 25.4 Å². The van der Waals surface area contributed by atoms with Crippen molar-refractivity contribution in [3.05, 3.63) is 11.2 Å². The first-order valence-corrected chi connectivity index (χ1v) is 7.62. The van der Waals surface area contributed by atoms with Gasteiger partial charge in [-0.1, -0.05) is 37.2 Å². The minimum atomic E-state index is 0.466. The van der Waals surface area contributed by atoms with Gasteiger partial charge in [0.25, 0.3) is 0 Å². The number of nitrogens with one attached hydrogen (secondary N) is 1. The molecule has 0 saturated heterocycles. The first-order chi connectivity index (χ1) is 8.61. The molecule has 102 valence electrons. The van der Waals surface area contributed by atoms with Crippen molar-refractivity contribution in [3.63, 3.8) is 0 Å². The van der Waals surface area contributed by atoms with Gasteiger partial charge in [0.1, 0.15) is 11.0 Å². The van der Waals surface area contributed by atoms with E-state index in [1.807, 2.05) is 6.26 Å². The summed E-state index contributed by atoms with van der Waals surface area (Å²) < 4.78 is 5.50. The number of hydrogen-bond acceptors (Lipinski definition) is 5. The fourth-order valence-corrected chi connectivity index (χ4v) is 1.90. The van der Waals surface area contributed by atoms with Gasteiger partial charge in [0.05, 0.1) is 0 Å². The van der Waals surface area contributed by atoms with Gasteiger partial charge in [-0.25, -0.2) is 9.97 Å². The number of hydrogen-bond donors (Lipinski definition) is 1. The van der Waals surface area contributed by atoms with Gasteiger partial charge in [-0.2, -0.15) is 0 Å². The number of nitrogens with zero attached hydrogens (tertiary/aromatic N) is 2. The SMILES string of the molecule is CSc1nc(Cl)cc(NCCCOCC(C)C)n1. The number of halogens is 1. The molecule has 0 aliphatic rings. The van der Waals surface area contributed by atoms with Crippen LogP contribution in [0.5, 0.6) is 0 Å². The summed E-state index contributed by atoms with van der Waals surface area (Å²) in [5.74, 6) is 1.35. The van der Waals surface area contributed by atoms with E-state index in [0.717, 1.165) is 32.0 Å². The molecule has 1 N–H and O–H groups in total. The van der Waals surface area contributed by atoms with Crippen LogP contribution >= 0.6 is 23.4 Å². The molecular formula is C12H20ClN3OS. The Morgan fingerprint density at radius 3 is 2.89 bits per heavy atom. The number of thioether (sulfide) groups is 1. The molecule has 0 aromatic carbocycles. The fraction of sp³-hybridized carbons (Fsp3) is 0.667. The molecule has 0 amide bonds. The first kappa shape index (κ1) is 15.5. The Labute approximate surface area is 118 Å². The highest BCUT2D eigenvalue weighted by Gasteiger charge is 2.01. The zero-order chi connectivity index (χ0) is 13.4. The van der Waals surface area contributed by atoms with Gasteiger partial charge in [-0.15, -0.1) is 0 Å². The molecule has 0 bridgehead atoms. The van der Waals surface area contributed by atoms with E-state index in [9.17, 15) is 0 Å². The van der Waals surface area contributed by atoms with Crippen molar-refractivity contribution >= 4 is 29.2 Å². The smallest absolute Gasteiger partial charge is 0.190 e. The lowest BCUT2D eigenvalue weighted by molar-refractivity contribution is 0.110. The second-order valence-electron chi connectivity index (χ2n) is 4.31. The highest BCUT2D eigenvalue weighted by molar-refractivity contribution is 7.98. The van der Waals surface area contributed by atoms with Gasteiger partial charge in [-0.05, 0) is 18.6 Å². The second kappa shape index (κ2) is 8.56. The van der Waals surface area contributed by atoms with Crippen LogP contribution in [0.1, 0.15) is 20.3 Å². The van der Waals surface area contributed by atoms with Gasteiger partial charge in [-0.3, -0.25) is 0 Å². The lowest BCUT2D eigenvalue weighted by Gasteiger charge is -2.08. The normalized spacial score (nSPS) is 10.9. The third kappa shape index (κ3) is 6.42. The third-order valence-electron chi connectivity index (χ3n) is 2.08. The predicted octanol–water partition coefficient (Wildman–Crippen LogP) is 3.33. The third-order valence-corrected chi connectivity index (χ3v) is 2.82. The van der Waals surface area contributed by atoms with Gasteiger partial charge >= 0.3 is 0 Å². The zero-order valence-electron chi connectivity index (χ0n) is 11.1. The van der Waals surface area contributed by atoms with Crippen LogP contribution in [0.15, 0.2) is 11.2 Å². The summed E-state index contributed by atoms with van der Waals surface area (Å²) in [6, 6.07) is 1.73. The molecule has 0 fully saturated rings. The maximum Gasteiger partial charge on any atom is 0.190 e. The molecule has 18 heavy (non-hydrogen) atoms. The average molecular weight is 290 g/mol. The largest absolute Gasteiger partial charge is 0.381 e. The molecule has 1 aromatic heterocycles. The van der Waals surface area contributed by atoms with Crippen LogP contribution in [-0.2, 0) is 4.74 Å². The van der Waals surface area contributed by atoms with E-state index in [1.165, 1.54) is 11.8 Å². The van der Waals surface area contributed by atoms with Gasteiger partial charge < -0.3 is 10.1 Å².